The summed E-state index contributed by atoms with van der Waals surface area (Å²) in [6.07, 6.45) is 0.910. The fraction of sp³-hybridized carbons (Fsp3) is 0.278. The molecule has 0 bridgehead atoms. The molecule has 0 aliphatic carbocycles. The van der Waals surface area contributed by atoms with E-state index < -0.39 is 0 Å². The molecule has 0 radical (unpaired) electrons. The van der Waals surface area contributed by atoms with Crippen LogP contribution >= 0.6 is 24.0 Å². The minimum absolute atomic E-state index is 0. The lowest BCUT2D eigenvalue weighted by Crippen LogP contribution is -2.33. The molecule has 0 saturated heterocycles. The fourth-order valence-corrected chi connectivity index (χ4v) is 2.19. The Balaban J connectivity index is 0.00000288. The average molecular weight is 441 g/mol. The minimum atomic E-state index is 0. The van der Waals surface area contributed by atoms with E-state index in [1.165, 1.54) is 5.56 Å². The molecule has 3 N–H and O–H groups in total. The average Bonchev–Trinajstić information content (AvgIpc) is 2.60. The lowest BCUT2D eigenvalue weighted by Gasteiger charge is -2.09. The van der Waals surface area contributed by atoms with Crippen LogP contribution < -0.4 is 20.5 Å². The molecule has 0 heterocycles. The highest BCUT2D eigenvalue weighted by molar-refractivity contribution is 14.0. The molecule has 0 spiro atoms. The molecule has 5 nitrogen and oxygen atoms in total. The van der Waals surface area contributed by atoms with Crippen molar-refractivity contribution in [2.24, 2.45) is 10.7 Å². The number of nitrogens with zero attached hydrogens (tertiary/aromatic N) is 1. The van der Waals surface area contributed by atoms with E-state index in [0.717, 1.165) is 18.5 Å². The summed E-state index contributed by atoms with van der Waals surface area (Å²) in [5.41, 5.74) is 8.18. The van der Waals surface area contributed by atoms with Gasteiger partial charge in [-0.1, -0.05) is 36.4 Å². The summed E-state index contributed by atoms with van der Waals surface area (Å²) >= 11 is 0. The summed E-state index contributed by atoms with van der Waals surface area (Å²) in [4.78, 5) is 4.34. The van der Waals surface area contributed by atoms with E-state index in [2.05, 4.69) is 22.4 Å². The largest absolute Gasteiger partial charge is 0.493 e. The van der Waals surface area contributed by atoms with E-state index in [1.807, 2.05) is 36.4 Å². The van der Waals surface area contributed by atoms with Crippen molar-refractivity contribution in [1.82, 2.24) is 5.32 Å². The van der Waals surface area contributed by atoms with Gasteiger partial charge in [-0.2, -0.15) is 0 Å². The zero-order valence-corrected chi connectivity index (χ0v) is 16.3. The topological polar surface area (TPSA) is 68.9 Å². The van der Waals surface area contributed by atoms with Gasteiger partial charge < -0.3 is 20.5 Å². The monoisotopic (exact) mass is 441 g/mol. The van der Waals surface area contributed by atoms with Crippen molar-refractivity contribution in [2.45, 2.75) is 13.0 Å². The second kappa shape index (κ2) is 10.7. The molecule has 2 aromatic rings. The molecule has 0 unspecified atom stereocenters. The number of nitrogens with two attached hydrogens (primary N) is 1. The first kappa shape index (κ1) is 20.1. The number of guanidine groups is 1. The molecule has 0 aliphatic heterocycles. The van der Waals surface area contributed by atoms with Crippen LogP contribution in [0, 0.1) is 0 Å². The highest BCUT2D eigenvalue weighted by atomic mass is 127. The van der Waals surface area contributed by atoms with Crippen molar-refractivity contribution in [2.75, 3.05) is 20.8 Å². The van der Waals surface area contributed by atoms with E-state index in [-0.39, 0.29) is 24.0 Å². The van der Waals surface area contributed by atoms with E-state index >= 15 is 0 Å². The lowest BCUT2D eigenvalue weighted by atomic mass is 10.1. The van der Waals surface area contributed by atoms with Gasteiger partial charge in [0.1, 0.15) is 0 Å². The summed E-state index contributed by atoms with van der Waals surface area (Å²) in [5, 5.41) is 3.12. The maximum absolute atomic E-state index is 5.90. The van der Waals surface area contributed by atoms with Crippen LogP contribution in [0.2, 0.25) is 0 Å². The number of rotatable bonds is 7. The van der Waals surface area contributed by atoms with Crippen LogP contribution in [0.25, 0.3) is 0 Å². The normalized spacial score (nSPS) is 10.7. The Hall–Kier alpha value is -1.96. The molecule has 24 heavy (non-hydrogen) atoms. The Bertz CT molecular complexity index is 648. The molecule has 0 saturated carbocycles. The zero-order chi connectivity index (χ0) is 16.5. The number of aliphatic imine (C=N–C) groups is 1. The quantitative estimate of drug-likeness (QED) is 0.394. The predicted molar refractivity (Wildman–Crippen MR) is 108 cm³/mol. The number of halogens is 1. The molecule has 0 amide bonds. The number of hydrogen-bond acceptors (Lipinski definition) is 3. The smallest absolute Gasteiger partial charge is 0.188 e. The Labute approximate surface area is 160 Å². The standard InChI is InChI=1S/C18H23N3O2.HI/c1-22-16-9-8-15(12-17(16)23-2)13-21-18(19)20-11-10-14-6-4-3-5-7-14;/h3-9,12H,10-11,13H2,1-2H3,(H3,19,20,21);1H. The summed E-state index contributed by atoms with van der Waals surface area (Å²) in [6, 6.07) is 16.0. The van der Waals surface area contributed by atoms with Gasteiger partial charge in [0, 0.05) is 6.54 Å². The molecule has 2 aromatic carbocycles. The summed E-state index contributed by atoms with van der Waals surface area (Å²) in [7, 11) is 3.23. The van der Waals surface area contributed by atoms with Gasteiger partial charge in [-0.05, 0) is 29.7 Å². The first-order valence-corrected chi connectivity index (χ1v) is 7.51. The Morgan fingerprint density at radius 2 is 1.71 bits per heavy atom. The third kappa shape index (κ3) is 6.27. The minimum Gasteiger partial charge on any atom is -0.493 e. The van der Waals surface area contributed by atoms with Crippen LogP contribution in [0.4, 0.5) is 0 Å². The molecule has 0 fully saturated rings. The summed E-state index contributed by atoms with van der Waals surface area (Å²) in [6.45, 7) is 1.25. The summed E-state index contributed by atoms with van der Waals surface area (Å²) < 4.78 is 10.5. The number of benzene rings is 2. The van der Waals surface area contributed by atoms with Gasteiger partial charge in [0.15, 0.2) is 17.5 Å². The molecule has 0 aliphatic rings. The molecular formula is C18H24IN3O2. The van der Waals surface area contributed by atoms with Gasteiger partial charge in [-0.25, -0.2) is 4.99 Å². The van der Waals surface area contributed by atoms with E-state index in [9.17, 15) is 0 Å². The number of methoxy groups -OCH3 is 2. The predicted octanol–water partition coefficient (Wildman–Crippen LogP) is 2.97. The van der Waals surface area contributed by atoms with E-state index in [1.54, 1.807) is 14.2 Å². The van der Waals surface area contributed by atoms with Crippen LogP contribution in [0.1, 0.15) is 11.1 Å². The van der Waals surface area contributed by atoms with Gasteiger partial charge >= 0.3 is 0 Å². The Kier molecular flexibility index (Phi) is 8.99. The first-order valence-electron chi connectivity index (χ1n) is 7.51. The van der Waals surface area contributed by atoms with Crippen LogP contribution in [0.3, 0.4) is 0 Å². The van der Waals surface area contributed by atoms with Gasteiger partial charge in [-0.15, -0.1) is 24.0 Å². The second-order valence-electron chi connectivity index (χ2n) is 5.05. The van der Waals surface area contributed by atoms with E-state index in [4.69, 9.17) is 15.2 Å². The number of hydrogen-bond donors (Lipinski definition) is 2. The van der Waals surface area contributed by atoms with Gasteiger partial charge in [-0.3, -0.25) is 0 Å². The molecule has 2 rings (SSSR count). The fourth-order valence-electron chi connectivity index (χ4n) is 2.19. The van der Waals surface area contributed by atoms with Crippen molar-refractivity contribution >= 4 is 29.9 Å². The van der Waals surface area contributed by atoms with Gasteiger partial charge in [0.2, 0.25) is 0 Å². The Morgan fingerprint density at radius 1 is 1.00 bits per heavy atom. The first-order chi connectivity index (χ1) is 11.2. The third-order valence-corrected chi connectivity index (χ3v) is 3.44. The molecule has 0 aromatic heterocycles. The third-order valence-electron chi connectivity index (χ3n) is 3.44. The molecule has 6 heteroatoms. The van der Waals surface area contributed by atoms with Crippen LogP contribution in [0.15, 0.2) is 53.5 Å². The molecule has 130 valence electrons. The van der Waals surface area contributed by atoms with Crippen LogP contribution in [-0.2, 0) is 13.0 Å². The maximum atomic E-state index is 5.90. The van der Waals surface area contributed by atoms with Crippen molar-refractivity contribution in [3.63, 3.8) is 0 Å². The highest BCUT2D eigenvalue weighted by Crippen LogP contribution is 2.27. The van der Waals surface area contributed by atoms with E-state index in [0.29, 0.717) is 24.0 Å². The number of ether oxygens (including phenoxy) is 2. The lowest BCUT2D eigenvalue weighted by molar-refractivity contribution is 0.354. The van der Waals surface area contributed by atoms with Crippen molar-refractivity contribution in [3.05, 3.63) is 59.7 Å². The maximum Gasteiger partial charge on any atom is 0.188 e. The Morgan fingerprint density at radius 3 is 2.38 bits per heavy atom. The SMILES string of the molecule is COc1ccc(CN=C(N)NCCc2ccccc2)cc1OC.I. The second-order valence-corrected chi connectivity index (χ2v) is 5.05. The highest BCUT2D eigenvalue weighted by Gasteiger charge is 2.04. The number of nitrogens with one attached hydrogen (secondary N) is 1. The van der Waals surface area contributed by atoms with Gasteiger partial charge in [0.25, 0.3) is 0 Å². The van der Waals surface area contributed by atoms with Crippen molar-refractivity contribution in [3.8, 4) is 11.5 Å². The van der Waals surface area contributed by atoms with Crippen molar-refractivity contribution < 1.29 is 9.47 Å². The molecular weight excluding hydrogens is 417 g/mol. The summed E-state index contributed by atoms with van der Waals surface area (Å²) in [5.74, 6) is 1.83. The zero-order valence-electron chi connectivity index (χ0n) is 14.0. The van der Waals surface area contributed by atoms with Crippen molar-refractivity contribution in [1.29, 1.82) is 0 Å². The van der Waals surface area contributed by atoms with Gasteiger partial charge in [0.05, 0.1) is 20.8 Å². The van der Waals surface area contributed by atoms with Crippen LogP contribution in [0.5, 0.6) is 11.5 Å². The molecule has 0 atom stereocenters. The van der Waals surface area contributed by atoms with Crippen LogP contribution in [-0.4, -0.2) is 26.7 Å².